The van der Waals surface area contributed by atoms with Crippen molar-refractivity contribution in [3.05, 3.63) is 23.3 Å². The Labute approximate surface area is 114 Å². The van der Waals surface area contributed by atoms with Crippen LogP contribution in [0.15, 0.2) is 17.0 Å². The van der Waals surface area contributed by atoms with Crippen LogP contribution >= 0.6 is 12.4 Å². The van der Waals surface area contributed by atoms with Crippen LogP contribution in [0.2, 0.25) is 0 Å². The average molecular weight is 292 g/mol. The van der Waals surface area contributed by atoms with Crippen molar-refractivity contribution >= 4 is 22.2 Å². The summed E-state index contributed by atoms with van der Waals surface area (Å²) in [6, 6.07) is 3.72. The Morgan fingerprint density at radius 3 is 2.50 bits per heavy atom. The molecule has 4 nitrogen and oxygen atoms in total. The third kappa shape index (κ3) is 2.96. The molecule has 0 saturated heterocycles. The molecule has 6 heteroatoms. The maximum absolute atomic E-state index is 11.9. The highest BCUT2D eigenvalue weighted by Gasteiger charge is 2.22. The van der Waals surface area contributed by atoms with E-state index in [1.807, 2.05) is 6.07 Å². The topological polar surface area (TPSA) is 55.4 Å². The summed E-state index contributed by atoms with van der Waals surface area (Å²) in [5.74, 6) is 0.452. The Kier molecular flexibility index (Phi) is 5.01. The summed E-state index contributed by atoms with van der Waals surface area (Å²) in [7, 11) is -1.75. The van der Waals surface area contributed by atoms with Crippen LogP contribution in [0.3, 0.4) is 0 Å². The fourth-order valence-corrected chi connectivity index (χ4v) is 3.48. The lowest BCUT2D eigenvalue weighted by Crippen LogP contribution is -2.16. The van der Waals surface area contributed by atoms with E-state index in [2.05, 4.69) is 5.32 Å². The lowest BCUT2D eigenvalue weighted by atomic mass is 10.0. The molecule has 0 bridgehead atoms. The van der Waals surface area contributed by atoms with Gasteiger partial charge in [0.2, 0.25) is 0 Å². The van der Waals surface area contributed by atoms with E-state index >= 15 is 0 Å². The predicted molar refractivity (Wildman–Crippen MR) is 73.6 cm³/mol. The minimum atomic E-state index is -3.26. The quantitative estimate of drug-likeness (QED) is 0.890. The van der Waals surface area contributed by atoms with Crippen molar-refractivity contribution < 1.29 is 13.2 Å². The number of fused-ring (bicyclic) bond motifs is 1. The van der Waals surface area contributed by atoms with Gasteiger partial charge in [-0.3, -0.25) is 0 Å². The van der Waals surface area contributed by atoms with Gasteiger partial charge in [0.15, 0.2) is 9.84 Å². The highest BCUT2D eigenvalue weighted by Crippen LogP contribution is 2.31. The summed E-state index contributed by atoms with van der Waals surface area (Å²) in [5.41, 5.74) is 2.02. The van der Waals surface area contributed by atoms with Gasteiger partial charge in [0.1, 0.15) is 10.6 Å². The summed E-state index contributed by atoms with van der Waals surface area (Å²) in [5, 5.41) is 3.27. The fraction of sp³-hybridized carbons (Fsp3) is 0.500. The third-order valence-electron chi connectivity index (χ3n) is 3.03. The molecule has 0 radical (unpaired) electrons. The number of hydrogen-bond acceptors (Lipinski definition) is 4. The zero-order chi connectivity index (χ0) is 12.5. The van der Waals surface area contributed by atoms with Crippen LogP contribution in [0.4, 0.5) is 0 Å². The molecule has 0 saturated carbocycles. The summed E-state index contributed by atoms with van der Waals surface area (Å²) >= 11 is 0. The molecule has 1 N–H and O–H groups in total. The summed E-state index contributed by atoms with van der Waals surface area (Å²) in [6.45, 7) is 1.70. The van der Waals surface area contributed by atoms with Crippen LogP contribution in [-0.4, -0.2) is 34.9 Å². The van der Waals surface area contributed by atoms with E-state index in [-0.39, 0.29) is 12.4 Å². The number of hydrogen-bond donors (Lipinski definition) is 1. The van der Waals surface area contributed by atoms with E-state index in [1.165, 1.54) is 13.4 Å². The van der Waals surface area contributed by atoms with Crippen LogP contribution in [0.25, 0.3) is 0 Å². The highest BCUT2D eigenvalue weighted by molar-refractivity contribution is 7.90. The maximum Gasteiger partial charge on any atom is 0.179 e. The van der Waals surface area contributed by atoms with Gasteiger partial charge < -0.3 is 10.1 Å². The Hall–Kier alpha value is -0.780. The van der Waals surface area contributed by atoms with E-state index in [4.69, 9.17) is 4.74 Å². The summed E-state index contributed by atoms with van der Waals surface area (Å²) in [4.78, 5) is 0.362. The zero-order valence-electron chi connectivity index (χ0n) is 10.5. The molecule has 1 aliphatic rings. The number of rotatable bonds is 2. The van der Waals surface area contributed by atoms with E-state index < -0.39 is 9.84 Å². The number of ether oxygens (including phenoxy) is 1. The van der Waals surface area contributed by atoms with Gasteiger partial charge in [-0.1, -0.05) is 6.07 Å². The number of sulfone groups is 1. The van der Waals surface area contributed by atoms with Crippen molar-refractivity contribution in [3.8, 4) is 5.75 Å². The van der Waals surface area contributed by atoms with Crippen molar-refractivity contribution in [3.63, 3.8) is 0 Å². The van der Waals surface area contributed by atoms with Crippen LogP contribution in [0.1, 0.15) is 11.1 Å². The molecule has 0 atom stereocenters. The zero-order valence-corrected chi connectivity index (χ0v) is 12.2. The smallest absolute Gasteiger partial charge is 0.179 e. The Morgan fingerprint density at radius 1 is 1.22 bits per heavy atom. The molecule has 0 aromatic heterocycles. The number of halogens is 1. The molecule has 0 amide bonds. The molecule has 102 valence electrons. The van der Waals surface area contributed by atoms with E-state index in [9.17, 15) is 8.42 Å². The van der Waals surface area contributed by atoms with E-state index in [1.54, 1.807) is 6.07 Å². The molecule has 0 spiro atoms. The molecule has 2 rings (SSSR count). The molecule has 18 heavy (non-hydrogen) atoms. The molecule has 0 aliphatic carbocycles. The molecule has 1 aromatic rings. The molecule has 1 aromatic carbocycles. The second kappa shape index (κ2) is 5.91. The van der Waals surface area contributed by atoms with Crippen molar-refractivity contribution in [1.29, 1.82) is 0 Å². The second-order valence-electron chi connectivity index (χ2n) is 4.26. The molecule has 0 unspecified atom stereocenters. The van der Waals surface area contributed by atoms with Crippen LogP contribution in [0.5, 0.6) is 5.75 Å². The summed E-state index contributed by atoms with van der Waals surface area (Å²) in [6.07, 6.45) is 2.83. The van der Waals surface area contributed by atoms with Gasteiger partial charge in [0.25, 0.3) is 0 Å². The predicted octanol–water partition coefficient (Wildman–Crippen LogP) is 1.21. The first-order valence-corrected chi connectivity index (χ1v) is 7.52. The summed E-state index contributed by atoms with van der Waals surface area (Å²) < 4.78 is 29.0. The van der Waals surface area contributed by atoms with Crippen LogP contribution < -0.4 is 10.1 Å². The normalized spacial score (nSPS) is 15.2. The number of nitrogens with one attached hydrogen (secondary N) is 1. The van der Waals surface area contributed by atoms with Crippen LogP contribution in [-0.2, 0) is 22.7 Å². The van der Waals surface area contributed by atoms with Gasteiger partial charge in [-0.25, -0.2) is 8.42 Å². The van der Waals surface area contributed by atoms with Crippen molar-refractivity contribution in [2.45, 2.75) is 17.7 Å². The molecular weight excluding hydrogens is 274 g/mol. The largest absolute Gasteiger partial charge is 0.495 e. The maximum atomic E-state index is 11.9. The van der Waals surface area contributed by atoms with E-state index in [0.29, 0.717) is 10.6 Å². The average Bonchev–Trinajstić information content (AvgIpc) is 2.50. The SMILES string of the molecule is COc1ccc2c(c1S(C)(=O)=O)CCNCC2.Cl. The van der Waals surface area contributed by atoms with Crippen molar-refractivity contribution in [1.82, 2.24) is 5.32 Å². The first-order chi connectivity index (χ1) is 8.04. The minimum Gasteiger partial charge on any atom is -0.495 e. The second-order valence-corrected chi connectivity index (χ2v) is 6.21. The highest BCUT2D eigenvalue weighted by atomic mass is 35.5. The number of methoxy groups -OCH3 is 1. The van der Waals surface area contributed by atoms with Crippen molar-refractivity contribution in [2.24, 2.45) is 0 Å². The standard InChI is InChI=1S/C12H17NO3S.ClH/c1-16-11-4-3-9-5-7-13-8-6-10(9)12(11)17(2,14)15;/h3-4,13H,5-8H2,1-2H3;1H. The number of benzene rings is 1. The van der Waals surface area contributed by atoms with Gasteiger partial charge in [-0.15, -0.1) is 12.4 Å². The fourth-order valence-electron chi connectivity index (χ4n) is 2.28. The molecule has 0 fully saturated rings. The Bertz CT molecular complexity index is 528. The molecule has 1 heterocycles. The van der Waals surface area contributed by atoms with Gasteiger partial charge in [-0.05, 0) is 43.1 Å². The Balaban J connectivity index is 0.00000162. The van der Waals surface area contributed by atoms with Gasteiger partial charge in [0.05, 0.1) is 7.11 Å². The molecule has 1 aliphatic heterocycles. The Morgan fingerprint density at radius 2 is 1.89 bits per heavy atom. The van der Waals surface area contributed by atoms with Crippen molar-refractivity contribution in [2.75, 3.05) is 26.5 Å². The van der Waals surface area contributed by atoms with Crippen LogP contribution in [0, 0.1) is 0 Å². The van der Waals surface area contributed by atoms with Gasteiger partial charge >= 0.3 is 0 Å². The first-order valence-electron chi connectivity index (χ1n) is 5.63. The lowest BCUT2D eigenvalue weighted by Gasteiger charge is -2.14. The first kappa shape index (κ1) is 15.3. The third-order valence-corrected chi connectivity index (χ3v) is 4.22. The van der Waals surface area contributed by atoms with E-state index in [0.717, 1.165) is 37.1 Å². The minimum absolute atomic E-state index is 0. The monoisotopic (exact) mass is 291 g/mol. The molecular formula is C12H18ClNO3S. The van der Waals surface area contributed by atoms with Gasteiger partial charge in [0, 0.05) is 6.26 Å². The lowest BCUT2D eigenvalue weighted by molar-refractivity contribution is 0.401. The van der Waals surface area contributed by atoms with Gasteiger partial charge in [-0.2, -0.15) is 0 Å².